The first-order valence-corrected chi connectivity index (χ1v) is 9.60. The fraction of sp³-hybridized carbons (Fsp3) is 0.550. The van der Waals surface area contributed by atoms with Crippen molar-refractivity contribution in [2.75, 3.05) is 33.2 Å². The van der Waals surface area contributed by atoms with Gasteiger partial charge in [-0.2, -0.15) is 5.10 Å². The Morgan fingerprint density at radius 3 is 2.81 bits per heavy atom. The van der Waals surface area contributed by atoms with Crippen molar-refractivity contribution in [3.05, 3.63) is 47.0 Å². The molecule has 0 N–H and O–H groups in total. The van der Waals surface area contributed by atoms with Gasteiger partial charge >= 0.3 is 0 Å². The Bertz CT molecular complexity index is 784. The molecule has 2 aliphatic heterocycles. The minimum atomic E-state index is -0.0249. The van der Waals surface area contributed by atoms with Gasteiger partial charge < -0.3 is 9.80 Å². The van der Waals surface area contributed by atoms with E-state index in [9.17, 15) is 4.79 Å². The smallest absolute Gasteiger partial charge is 0.266 e. The molecule has 0 radical (unpaired) electrons. The van der Waals surface area contributed by atoms with Crippen LogP contribution in [0.1, 0.15) is 19.3 Å². The van der Waals surface area contributed by atoms with Crippen molar-refractivity contribution in [2.24, 2.45) is 5.92 Å². The van der Waals surface area contributed by atoms with E-state index in [1.165, 1.54) is 25.8 Å². The van der Waals surface area contributed by atoms with Gasteiger partial charge in [0.25, 0.3) is 5.56 Å². The summed E-state index contributed by atoms with van der Waals surface area (Å²) in [5.74, 6) is 0.512. The van der Waals surface area contributed by atoms with Crippen molar-refractivity contribution in [3.63, 3.8) is 0 Å². The van der Waals surface area contributed by atoms with Gasteiger partial charge in [-0.25, -0.2) is 4.68 Å². The van der Waals surface area contributed by atoms with Crippen LogP contribution in [-0.2, 0) is 6.54 Å². The summed E-state index contributed by atoms with van der Waals surface area (Å²) in [5.41, 5.74) is 1.72. The van der Waals surface area contributed by atoms with E-state index in [1.807, 2.05) is 12.1 Å². The molecule has 6 heteroatoms. The van der Waals surface area contributed by atoms with Gasteiger partial charge in [0.2, 0.25) is 0 Å². The van der Waals surface area contributed by atoms with E-state index in [0.29, 0.717) is 18.5 Å². The number of pyridine rings is 1. The van der Waals surface area contributed by atoms with Gasteiger partial charge in [-0.3, -0.25) is 9.78 Å². The molecular formula is C20H27N5O. The molecule has 0 aliphatic carbocycles. The highest BCUT2D eigenvalue weighted by Gasteiger charge is 2.31. The van der Waals surface area contributed by atoms with Crippen LogP contribution in [0.25, 0.3) is 11.3 Å². The summed E-state index contributed by atoms with van der Waals surface area (Å²) in [6, 6.07) is 7.94. The monoisotopic (exact) mass is 353 g/mol. The summed E-state index contributed by atoms with van der Waals surface area (Å²) < 4.78 is 1.62. The predicted octanol–water partition coefficient (Wildman–Crippen LogP) is 1.72. The van der Waals surface area contributed by atoms with E-state index in [2.05, 4.69) is 26.9 Å². The number of rotatable bonds is 5. The van der Waals surface area contributed by atoms with Crippen molar-refractivity contribution in [1.29, 1.82) is 0 Å². The lowest BCUT2D eigenvalue weighted by Crippen LogP contribution is -2.54. The van der Waals surface area contributed by atoms with E-state index in [1.54, 1.807) is 29.2 Å². The number of nitrogens with zero attached hydrogens (tertiary/aromatic N) is 5. The van der Waals surface area contributed by atoms with Crippen molar-refractivity contribution in [2.45, 2.75) is 31.8 Å². The molecule has 0 bridgehead atoms. The average Bonchev–Trinajstić information content (AvgIpc) is 2.64. The van der Waals surface area contributed by atoms with Gasteiger partial charge in [0, 0.05) is 55.6 Å². The SMILES string of the molecule is CN1CCCCC1CN1CC(Cn2nc(-c3cccnc3)ccc2=O)C1. The zero-order valence-electron chi connectivity index (χ0n) is 15.4. The maximum absolute atomic E-state index is 12.2. The minimum absolute atomic E-state index is 0.0249. The summed E-state index contributed by atoms with van der Waals surface area (Å²) in [7, 11) is 2.24. The van der Waals surface area contributed by atoms with Crippen molar-refractivity contribution in [3.8, 4) is 11.3 Å². The first-order valence-electron chi connectivity index (χ1n) is 9.60. The zero-order valence-corrected chi connectivity index (χ0v) is 15.4. The van der Waals surface area contributed by atoms with Crippen LogP contribution < -0.4 is 5.56 Å². The Morgan fingerprint density at radius 1 is 1.15 bits per heavy atom. The van der Waals surface area contributed by atoms with Crippen LogP contribution in [0.15, 0.2) is 41.5 Å². The topological polar surface area (TPSA) is 54.3 Å². The third-order valence-electron chi connectivity index (χ3n) is 5.68. The summed E-state index contributed by atoms with van der Waals surface area (Å²) in [4.78, 5) is 21.3. The van der Waals surface area contributed by atoms with E-state index in [4.69, 9.17) is 0 Å². The molecule has 4 rings (SSSR count). The Kier molecular flexibility index (Phi) is 5.13. The van der Waals surface area contributed by atoms with Gasteiger partial charge in [0.1, 0.15) is 0 Å². The summed E-state index contributed by atoms with van der Waals surface area (Å²) in [6.45, 7) is 5.21. The maximum Gasteiger partial charge on any atom is 0.266 e. The molecule has 4 heterocycles. The predicted molar refractivity (Wildman–Crippen MR) is 102 cm³/mol. The van der Waals surface area contributed by atoms with Crippen LogP contribution in [0.4, 0.5) is 0 Å². The molecule has 2 fully saturated rings. The molecule has 2 aromatic heterocycles. The third-order valence-corrected chi connectivity index (χ3v) is 5.68. The highest BCUT2D eigenvalue weighted by molar-refractivity contribution is 5.56. The summed E-state index contributed by atoms with van der Waals surface area (Å²) in [6.07, 6.45) is 7.52. The van der Waals surface area contributed by atoms with Crippen molar-refractivity contribution >= 4 is 0 Å². The second-order valence-corrected chi connectivity index (χ2v) is 7.70. The quantitative estimate of drug-likeness (QED) is 0.819. The lowest BCUT2D eigenvalue weighted by Gasteiger charge is -2.44. The number of likely N-dealkylation sites (tertiary alicyclic amines) is 2. The first-order chi connectivity index (χ1) is 12.7. The number of hydrogen-bond donors (Lipinski definition) is 0. The Labute approximate surface area is 154 Å². The molecule has 138 valence electrons. The summed E-state index contributed by atoms with van der Waals surface area (Å²) in [5, 5.41) is 4.55. The second-order valence-electron chi connectivity index (χ2n) is 7.70. The van der Waals surface area contributed by atoms with E-state index >= 15 is 0 Å². The van der Waals surface area contributed by atoms with E-state index < -0.39 is 0 Å². The van der Waals surface area contributed by atoms with Crippen LogP contribution in [0.3, 0.4) is 0 Å². The van der Waals surface area contributed by atoms with Gasteiger partial charge in [0.15, 0.2) is 0 Å². The number of likely N-dealkylation sites (N-methyl/N-ethyl adjacent to an activating group) is 1. The Balaban J connectivity index is 1.35. The Hall–Kier alpha value is -2.05. The third kappa shape index (κ3) is 3.86. The standard InChI is InChI=1S/C20H27N5O/c1-23-10-3-2-6-18(23)15-24-12-16(13-24)14-25-20(26)8-7-19(22-25)17-5-4-9-21-11-17/h4-5,7-9,11,16,18H,2-3,6,10,12-15H2,1H3. The van der Waals surface area contributed by atoms with Gasteiger partial charge in [-0.15, -0.1) is 0 Å². The molecule has 0 spiro atoms. The Morgan fingerprint density at radius 2 is 2.04 bits per heavy atom. The maximum atomic E-state index is 12.2. The van der Waals surface area contributed by atoms with Crippen molar-refractivity contribution in [1.82, 2.24) is 24.6 Å². The molecule has 2 aromatic rings. The van der Waals surface area contributed by atoms with Crippen LogP contribution in [0, 0.1) is 5.92 Å². The van der Waals surface area contributed by atoms with Crippen molar-refractivity contribution < 1.29 is 0 Å². The lowest BCUT2D eigenvalue weighted by atomic mass is 9.96. The van der Waals surface area contributed by atoms with Crippen LogP contribution in [0.2, 0.25) is 0 Å². The highest BCUT2D eigenvalue weighted by Crippen LogP contribution is 2.22. The van der Waals surface area contributed by atoms with Crippen LogP contribution >= 0.6 is 0 Å². The largest absolute Gasteiger partial charge is 0.302 e. The lowest BCUT2D eigenvalue weighted by molar-refractivity contribution is 0.0428. The molecule has 1 unspecified atom stereocenters. The molecule has 0 aromatic carbocycles. The summed E-state index contributed by atoms with van der Waals surface area (Å²) >= 11 is 0. The first kappa shape index (κ1) is 17.4. The van der Waals surface area contributed by atoms with Gasteiger partial charge in [-0.05, 0) is 44.6 Å². The van der Waals surface area contributed by atoms with Gasteiger partial charge in [-0.1, -0.05) is 6.42 Å². The fourth-order valence-corrected chi connectivity index (χ4v) is 4.11. The second kappa shape index (κ2) is 7.68. The molecular weight excluding hydrogens is 326 g/mol. The molecule has 26 heavy (non-hydrogen) atoms. The van der Waals surface area contributed by atoms with Crippen LogP contribution in [-0.4, -0.2) is 63.8 Å². The number of piperidine rings is 1. The number of aromatic nitrogens is 3. The zero-order chi connectivity index (χ0) is 17.9. The molecule has 0 saturated carbocycles. The molecule has 0 amide bonds. The normalized spacial score (nSPS) is 22.3. The molecule has 6 nitrogen and oxygen atoms in total. The van der Waals surface area contributed by atoms with E-state index in [-0.39, 0.29) is 5.56 Å². The minimum Gasteiger partial charge on any atom is -0.302 e. The van der Waals surface area contributed by atoms with E-state index in [0.717, 1.165) is 30.9 Å². The fourth-order valence-electron chi connectivity index (χ4n) is 4.11. The molecule has 2 saturated heterocycles. The van der Waals surface area contributed by atoms with Gasteiger partial charge in [0.05, 0.1) is 12.2 Å². The number of hydrogen-bond acceptors (Lipinski definition) is 5. The highest BCUT2D eigenvalue weighted by atomic mass is 16.1. The molecule has 2 aliphatic rings. The average molecular weight is 353 g/mol. The van der Waals surface area contributed by atoms with Crippen LogP contribution in [0.5, 0.6) is 0 Å². The molecule has 1 atom stereocenters.